The third-order valence-corrected chi connectivity index (χ3v) is 8.84. The summed E-state index contributed by atoms with van der Waals surface area (Å²) in [5.74, 6) is -0.296. The van der Waals surface area contributed by atoms with Crippen LogP contribution in [0.5, 0.6) is 5.75 Å². The summed E-state index contributed by atoms with van der Waals surface area (Å²) in [7, 11) is -2.05. The molecule has 0 spiro atoms. The lowest BCUT2D eigenvalue weighted by Crippen LogP contribution is -2.49. The molecule has 9 heteroatoms. The van der Waals surface area contributed by atoms with Crippen molar-refractivity contribution in [3.8, 4) is 22.9 Å². The monoisotopic (exact) mass is 537 g/mol. The molecule has 0 saturated carbocycles. The number of aliphatic hydroxyl groups excluding tert-OH is 1. The average molecular weight is 538 g/mol. The Kier molecular flexibility index (Phi) is 8.48. The van der Waals surface area contributed by atoms with Gasteiger partial charge in [-0.05, 0) is 67.1 Å². The summed E-state index contributed by atoms with van der Waals surface area (Å²) in [6.45, 7) is 4.43. The fourth-order valence-corrected chi connectivity index (χ4v) is 6.54. The predicted octanol–water partition coefficient (Wildman–Crippen LogP) is 4.26. The maximum Gasteiger partial charge on any atom is 0.247 e. The highest BCUT2D eigenvalue weighted by molar-refractivity contribution is 7.89. The molecule has 3 aromatic rings. The van der Waals surface area contributed by atoms with Crippen molar-refractivity contribution in [3.05, 3.63) is 83.7 Å². The van der Waals surface area contributed by atoms with Crippen molar-refractivity contribution in [2.45, 2.75) is 37.4 Å². The van der Waals surface area contributed by atoms with Crippen LogP contribution in [-0.2, 0) is 16.6 Å². The van der Waals surface area contributed by atoms with Gasteiger partial charge in [0.1, 0.15) is 22.6 Å². The van der Waals surface area contributed by atoms with Crippen LogP contribution < -0.4 is 4.74 Å². The molecule has 0 fully saturated rings. The van der Waals surface area contributed by atoms with Gasteiger partial charge < -0.3 is 9.84 Å². The van der Waals surface area contributed by atoms with Gasteiger partial charge in [-0.3, -0.25) is 4.90 Å². The molecule has 0 aromatic heterocycles. The Morgan fingerprint density at radius 3 is 2.61 bits per heavy atom. The first kappa shape index (κ1) is 27.7. The number of halogens is 1. The van der Waals surface area contributed by atoms with Gasteiger partial charge in [-0.1, -0.05) is 37.3 Å². The topological polar surface area (TPSA) is 93.9 Å². The van der Waals surface area contributed by atoms with Gasteiger partial charge >= 0.3 is 0 Å². The van der Waals surface area contributed by atoms with Crippen molar-refractivity contribution >= 4 is 10.0 Å². The maximum atomic E-state index is 13.7. The predicted molar refractivity (Wildman–Crippen MR) is 143 cm³/mol. The molecule has 1 N–H and O–H groups in total. The summed E-state index contributed by atoms with van der Waals surface area (Å²) in [5.41, 5.74) is 2.81. The number of hydrogen-bond donors (Lipinski definition) is 1. The van der Waals surface area contributed by atoms with Crippen LogP contribution in [0, 0.1) is 23.1 Å². The first-order chi connectivity index (χ1) is 18.1. The Balaban J connectivity index is 1.73. The molecule has 1 heterocycles. The Morgan fingerprint density at radius 1 is 1.16 bits per heavy atom. The van der Waals surface area contributed by atoms with Crippen LogP contribution in [0.25, 0.3) is 11.1 Å². The Hall–Kier alpha value is -3.29. The molecule has 4 rings (SSSR count). The molecule has 1 aliphatic heterocycles. The Morgan fingerprint density at radius 2 is 1.89 bits per heavy atom. The van der Waals surface area contributed by atoms with Crippen LogP contribution in [0.15, 0.2) is 71.6 Å². The quantitative estimate of drug-likeness (QED) is 0.484. The van der Waals surface area contributed by atoms with Gasteiger partial charge in [-0.2, -0.15) is 9.57 Å². The molecule has 1 aliphatic rings. The number of nitrogens with zero attached hydrogens (tertiary/aromatic N) is 3. The zero-order valence-corrected chi connectivity index (χ0v) is 22.5. The number of ether oxygens (including phenoxy) is 1. The van der Waals surface area contributed by atoms with Crippen LogP contribution in [0.2, 0.25) is 0 Å². The van der Waals surface area contributed by atoms with Crippen molar-refractivity contribution in [1.29, 1.82) is 5.26 Å². The highest BCUT2D eigenvalue weighted by Crippen LogP contribution is 2.36. The molecule has 0 amide bonds. The number of likely N-dealkylation sites (N-methyl/N-ethyl adjacent to an activating group) is 1. The average Bonchev–Trinajstić information content (AvgIpc) is 2.90. The number of fused-ring (bicyclic) bond motifs is 1. The first-order valence-electron chi connectivity index (χ1n) is 12.5. The van der Waals surface area contributed by atoms with Gasteiger partial charge in [0.05, 0.1) is 18.2 Å². The van der Waals surface area contributed by atoms with Gasteiger partial charge in [0.2, 0.25) is 10.0 Å². The minimum absolute atomic E-state index is 0.0303. The second-order valence-electron chi connectivity index (χ2n) is 9.92. The SMILES string of the molecule is C[C@H]1CN([C@@H](C)CO)S(=O)(=O)c2ccc(-c3cccc(C#N)c3)cc2O[C@@H]1CN(C)Cc1cccc(F)c1. The summed E-state index contributed by atoms with van der Waals surface area (Å²) < 4.78 is 48.9. The molecule has 3 atom stereocenters. The van der Waals surface area contributed by atoms with E-state index in [1.165, 1.54) is 22.5 Å². The largest absolute Gasteiger partial charge is 0.487 e. The fourth-order valence-electron chi connectivity index (χ4n) is 4.71. The molecular formula is C29H32FN3O4S. The minimum Gasteiger partial charge on any atom is -0.487 e. The molecular weight excluding hydrogens is 505 g/mol. The van der Waals surface area contributed by atoms with Crippen LogP contribution in [0.4, 0.5) is 4.39 Å². The van der Waals surface area contributed by atoms with Crippen molar-refractivity contribution in [2.75, 3.05) is 26.7 Å². The third-order valence-electron chi connectivity index (χ3n) is 6.83. The van der Waals surface area contributed by atoms with E-state index in [1.807, 2.05) is 31.0 Å². The lowest BCUT2D eigenvalue weighted by Gasteiger charge is -2.37. The number of hydrogen-bond acceptors (Lipinski definition) is 6. The van der Waals surface area contributed by atoms with E-state index in [9.17, 15) is 23.2 Å². The molecule has 0 bridgehead atoms. The number of nitriles is 1. The Bertz CT molecular complexity index is 1440. The van der Waals surface area contributed by atoms with E-state index >= 15 is 0 Å². The van der Waals surface area contributed by atoms with Crippen LogP contribution >= 0.6 is 0 Å². The molecule has 0 radical (unpaired) electrons. The number of sulfonamides is 1. The van der Waals surface area contributed by atoms with Crippen LogP contribution in [0.3, 0.4) is 0 Å². The summed E-state index contributed by atoms with van der Waals surface area (Å²) >= 11 is 0. The lowest BCUT2D eigenvalue weighted by molar-refractivity contribution is 0.0734. The van der Waals surface area contributed by atoms with Gasteiger partial charge in [-0.25, -0.2) is 12.8 Å². The second kappa shape index (κ2) is 11.6. The molecule has 3 aromatic carbocycles. The highest BCUT2D eigenvalue weighted by Gasteiger charge is 2.38. The van der Waals surface area contributed by atoms with Gasteiger partial charge in [0.25, 0.3) is 0 Å². The zero-order valence-electron chi connectivity index (χ0n) is 21.7. The van der Waals surface area contributed by atoms with E-state index in [4.69, 9.17) is 4.74 Å². The molecule has 0 unspecified atom stereocenters. The summed E-state index contributed by atoms with van der Waals surface area (Å²) in [5, 5.41) is 19.2. The Labute approximate surface area is 223 Å². The second-order valence-corrected chi connectivity index (χ2v) is 11.8. The van der Waals surface area contributed by atoms with Crippen LogP contribution in [-0.4, -0.2) is 61.6 Å². The maximum absolute atomic E-state index is 13.7. The highest BCUT2D eigenvalue weighted by atomic mass is 32.2. The van der Waals surface area contributed by atoms with E-state index in [2.05, 4.69) is 6.07 Å². The molecule has 7 nitrogen and oxygen atoms in total. The molecule has 200 valence electrons. The fraction of sp³-hybridized carbons (Fsp3) is 0.345. The number of rotatable bonds is 7. The smallest absolute Gasteiger partial charge is 0.247 e. The normalized spacial score (nSPS) is 20.0. The summed E-state index contributed by atoms with van der Waals surface area (Å²) in [6, 6.07) is 19.9. The van der Waals surface area contributed by atoms with Gasteiger partial charge in [0, 0.05) is 31.6 Å². The van der Waals surface area contributed by atoms with Crippen molar-refractivity contribution in [1.82, 2.24) is 9.21 Å². The van der Waals surface area contributed by atoms with Crippen molar-refractivity contribution in [3.63, 3.8) is 0 Å². The number of benzene rings is 3. The van der Waals surface area contributed by atoms with E-state index in [0.29, 0.717) is 18.7 Å². The lowest BCUT2D eigenvalue weighted by atomic mass is 10.0. The molecule has 0 saturated heterocycles. The van der Waals surface area contributed by atoms with E-state index < -0.39 is 22.2 Å². The van der Waals surface area contributed by atoms with Gasteiger partial charge in [-0.15, -0.1) is 0 Å². The van der Waals surface area contributed by atoms with E-state index in [-0.39, 0.29) is 35.5 Å². The standard InChI is InChI=1S/C29H32FN3O4S/c1-20-16-33(21(2)19-34)38(35,36)29-11-10-25(24-8-4-6-22(12-24)15-31)14-27(29)37-28(20)18-32(3)17-23-7-5-9-26(30)13-23/h4-14,20-21,28,34H,16-19H2,1-3H3/t20-,21-,28+/m0/s1. The molecule has 0 aliphatic carbocycles. The zero-order chi connectivity index (χ0) is 27.4. The minimum atomic E-state index is -3.96. The van der Waals surface area contributed by atoms with E-state index in [0.717, 1.165) is 16.7 Å². The summed E-state index contributed by atoms with van der Waals surface area (Å²) in [4.78, 5) is 2.05. The van der Waals surface area contributed by atoms with Crippen molar-refractivity contribution < 1.29 is 22.7 Å². The van der Waals surface area contributed by atoms with Crippen molar-refractivity contribution in [2.24, 2.45) is 5.92 Å². The van der Waals surface area contributed by atoms with Crippen LogP contribution in [0.1, 0.15) is 25.0 Å². The first-order valence-corrected chi connectivity index (χ1v) is 13.9. The molecule has 38 heavy (non-hydrogen) atoms. The summed E-state index contributed by atoms with van der Waals surface area (Å²) in [6.07, 6.45) is -0.392. The van der Waals surface area contributed by atoms with Gasteiger partial charge in [0.15, 0.2) is 0 Å². The number of aliphatic hydroxyl groups is 1. The van der Waals surface area contributed by atoms with E-state index in [1.54, 1.807) is 43.3 Å². The third kappa shape index (κ3) is 6.05.